The monoisotopic (exact) mass is 244 g/mol. The van der Waals surface area contributed by atoms with Crippen molar-refractivity contribution in [3.63, 3.8) is 0 Å². The molecule has 94 valence electrons. The van der Waals surface area contributed by atoms with E-state index in [-0.39, 0.29) is 5.91 Å². The first-order valence-electron chi connectivity index (χ1n) is 5.87. The lowest BCUT2D eigenvalue weighted by Crippen LogP contribution is -2.33. The third kappa shape index (κ3) is 2.49. The van der Waals surface area contributed by atoms with Gasteiger partial charge in [0.1, 0.15) is 0 Å². The van der Waals surface area contributed by atoms with Crippen LogP contribution in [0.2, 0.25) is 0 Å². The Kier molecular flexibility index (Phi) is 3.58. The van der Waals surface area contributed by atoms with Crippen LogP contribution in [0.5, 0.6) is 0 Å². The van der Waals surface area contributed by atoms with Crippen LogP contribution >= 0.6 is 0 Å². The van der Waals surface area contributed by atoms with Crippen LogP contribution in [-0.2, 0) is 0 Å². The van der Waals surface area contributed by atoms with Crippen LogP contribution in [0.1, 0.15) is 17.3 Å². The van der Waals surface area contributed by atoms with Gasteiger partial charge in [-0.05, 0) is 25.1 Å². The van der Waals surface area contributed by atoms with Crippen molar-refractivity contribution in [2.45, 2.75) is 13.0 Å². The Morgan fingerprint density at radius 3 is 2.89 bits per heavy atom. The molecule has 0 bridgehead atoms. The summed E-state index contributed by atoms with van der Waals surface area (Å²) in [7, 11) is 1.68. The molecule has 0 aliphatic carbocycles. The average Bonchev–Trinajstić information content (AvgIpc) is 2.36. The Morgan fingerprint density at radius 1 is 1.39 bits per heavy atom. The van der Waals surface area contributed by atoms with Crippen LogP contribution < -0.4 is 0 Å². The minimum Gasteiger partial charge on any atom is -0.392 e. The number of carbonyl (C=O) groups excluding carboxylic acids is 1. The van der Waals surface area contributed by atoms with E-state index in [4.69, 9.17) is 0 Å². The zero-order valence-corrected chi connectivity index (χ0v) is 10.5. The normalized spacial score (nSPS) is 12.4. The SMILES string of the molecule is CC(O)CN(C)C(=O)c1cccc2ncccc12. The van der Waals surface area contributed by atoms with Crippen LogP contribution in [-0.4, -0.2) is 40.6 Å². The predicted molar refractivity (Wildman–Crippen MR) is 70.4 cm³/mol. The molecular formula is C14H16N2O2. The number of aliphatic hydroxyl groups excluding tert-OH is 1. The first-order valence-corrected chi connectivity index (χ1v) is 5.87. The van der Waals surface area contributed by atoms with E-state index in [0.717, 1.165) is 10.9 Å². The van der Waals surface area contributed by atoms with Crippen LogP contribution in [0, 0.1) is 0 Å². The van der Waals surface area contributed by atoms with E-state index < -0.39 is 6.10 Å². The minimum absolute atomic E-state index is 0.102. The molecule has 0 spiro atoms. The van der Waals surface area contributed by atoms with Crippen LogP contribution in [0.4, 0.5) is 0 Å². The fourth-order valence-corrected chi connectivity index (χ4v) is 1.97. The second-order valence-electron chi connectivity index (χ2n) is 4.41. The van der Waals surface area contributed by atoms with Crippen LogP contribution in [0.3, 0.4) is 0 Å². The number of hydrogen-bond acceptors (Lipinski definition) is 3. The second-order valence-corrected chi connectivity index (χ2v) is 4.41. The summed E-state index contributed by atoms with van der Waals surface area (Å²) in [5, 5.41) is 10.2. The molecule has 4 heteroatoms. The number of likely N-dealkylation sites (N-methyl/N-ethyl adjacent to an activating group) is 1. The zero-order chi connectivity index (χ0) is 13.1. The summed E-state index contributed by atoms with van der Waals surface area (Å²) in [6.45, 7) is 1.98. The minimum atomic E-state index is -0.535. The van der Waals surface area contributed by atoms with Crippen molar-refractivity contribution in [2.75, 3.05) is 13.6 Å². The Balaban J connectivity index is 2.39. The Labute approximate surface area is 106 Å². The molecule has 18 heavy (non-hydrogen) atoms. The molecule has 0 fully saturated rings. The van der Waals surface area contributed by atoms with Crippen molar-refractivity contribution in [1.29, 1.82) is 0 Å². The Hall–Kier alpha value is -1.94. The largest absolute Gasteiger partial charge is 0.392 e. The number of hydrogen-bond donors (Lipinski definition) is 1. The van der Waals surface area contributed by atoms with E-state index in [0.29, 0.717) is 12.1 Å². The molecule has 2 aromatic rings. The molecule has 1 unspecified atom stereocenters. The predicted octanol–water partition coefficient (Wildman–Crippen LogP) is 1.69. The Morgan fingerprint density at radius 2 is 2.17 bits per heavy atom. The lowest BCUT2D eigenvalue weighted by molar-refractivity contribution is 0.0705. The molecule has 0 aliphatic heterocycles. The summed E-state index contributed by atoms with van der Waals surface area (Å²) in [5.74, 6) is -0.102. The number of rotatable bonds is 3. The van der Waals surface area contributed by atoms with E-state index in [1.165, 1.54) is 4.90 Å². The molecular weight excluding hydrogens is 228 g/mol. The number of nitrogens with zero attached hydrogens (tertiary/aromatic N) is 2. The van der Waals surface area contributed by atoms with Crippen molar-refractivity contribution < 1.29 is 9.90 Å². The smallest absolute Gasteiger partial charge is 0.254 e. The molecule has 1 aromatic carbocycles. The number of fused-ring (bicyclic) bond motifs is 1. The third-order valence-corrected chi connectivity index (χ3v) is 2.76. The zero-order valence-electron chi connectivity index (χ0n) is 10.5. The second kappa shape index (κ2) is 5.14. The highest BCUT2D eigenvalue weighted by Crippen LogP contribution is 2.17. The molecule has 0 radical (unpaired) electrons. The van der Waals surface area contributed by atoms with Gasteiger partial charge in [0.25, 0.3) is 5.91 Å². The molecule has 4 nitrogen and oxygen atoms in total. The Bertz CT molecular complexity index is 561. The first-order chi connectivity index (χ1) is 8.59. The molecule has 1 N–H and O–H groups in total. The number of carbonyl (C=O) groups is 1. The van der Waals surface area contributed by atoms with Crippen molar-refractivity contribution >= 4 is 16.8 Å². The summed E-state index contributed by atoms with van der Waals surface area (Å²) in [6, 6.07) is 9.17. The van der Waals surface area contributed by atoms with E-state index in [9.17, 15) is 9.90 Å². The van der Waals surface area contributed by atoms with Gasteiger partial charge in [0.05, 0.1) is 11.6 Å². The number of amides is 1. The first kappa shape index (κ1) is 12.5. The van der Waals surface area contributed by atoms with Crippen molar-refractivity contribution in [3.05, 3.63) is 42.1 Å². The van der Waals surface area contributed by atoms with E-state index in [1.807, 2.05) is 24.3 Å². The van der Waals surface area contributed by atoms with Crippen LogP contribution in [0.25, 0.3) is 10.9 Å². The topological polar surface area (TPSA) is 53.4 Å². The van der Waals surface area contributed by atoms with Gasteiger partial charge in [-0.3, -0.25) is 9.78 Å². The third-order valence-electron chi connectivity index (χ3n) is 2.76. The van der Waals surface area contributed by atoms with E-state index in [2.05, 4.69) is 4.98 Å². The van der Waals surface area contributed by atoms with Gasteiger partial charge < -0.3 is 10.0 Å². The average molecular weight is 244 g/mol. The maximum absolute atomic E-state index is 12.3. The quantitative estimate of drug-likeness (QED) is 0.893. The maximum Gasteiger partial charge on any atom is 0.254 e. The molecule has 0 saturated heterocycles. The summed E-state index contributed by atoms with van der Waals surface area (Å²) >= 11 is 0. The molecule has 0 aliphatic rings. The highest BCUT2D eigenvalue weighted by Gasteiger charge is 2.15. The van der Waals surface area contributed by atoms with Crippen molar-refractivity contribution in [3.8, 4) is 0 Å². The van der Waals surface area contributed by atoms with Crippen molar-refractivity contribution in [2.24, 2.45) is 0 Å². The van der Waals surface area contributed by atoms with E-state index in [1.54, 1.807) is 26.2 Å². The fraction of sp³-hybridized carbons (Fsp3) is 0.286. The fourth-order valence-electron chi connectivity index (χ4n) is 1.97. The lowest BCUT2D eigenvalue weighted by Gasteiger charge is -2.19. The van der Waals surface area contributed by atoms with Gasteiger partial charge in [-0.2, -0.15) is 0 Å². The van der Waals surface area contributed by atoms with Gasteiger partial charge in [0.2, 0.25) is 0 Å². The van der Waals surface area contributed by atoms with Gasteiger partial charge in [0.15, 0.2) is 0 Å². The van der Waals surface area contributed by atoms with E-state index >= 15 is 0 Å². The summed E-state index contributed by atoms with van der Waals surface area (Å²) in [6.07, 6.45) is 1.17. The molecule has 2 rings (SSSR count). The number of benzene rings is 1. The number of aromatic nitrogens is 1. The number of pyridine rings is 1. The molecule has 1 amide bonds. The summed E-state index contributed by atoms with van der Waals surface area (Å²) < 4.78 is 0. The molecule has 1 heterocycles. The molecule has 1 aromatic heterocycles. The van der Waals surface area contributed by atoms with Gasteiger partial charge in [-0.15, -0.1) is 0 Å². The standard InChI is InChI=1S/C14H16N2O2/c1-10(17)9-16(2)14(18)12-5-3-7-13-11(12)6-4-8-15-13/h3-8,10,17H,9H2,1-2H3. The highest BCUT2D eigenvalue weighted by molar-refractivity contribution is 6.06. The summed E-state index contributed by atoms with van der Waals surface area (Å²) in [5.41, 5.74) is 1.41. The van der Waals surface area contributed by atoms with Gasteiger partial charge in [0, 0.05) is 30.7 Å². The number of aliphatic hydroxyl groups is 1. The maximum atomic E-state index is 12.3. The lowest BCUT2D eigenvalue weighted by atomic mass is 10.1. The summed E-state index contributed by atoms with van der Waals surface area (Å²) in [4.78, 5) is 18.0. The van der Waals surface area contributed by atoms with Crippen LogP contribution in [0.15, 0.2) is 36.5 Å². The highest BCUT2D eigenvalue weighted by atomic mass is 16.3. The van der Waals surface area contributed by atoms with Crippen molar-refractivity contribution in [1.82, 2.24) is 9.88 Å². The molecule has 0 saturated carbocycles. The van der Waals surface area contributed by atoms with Gasteiger partial charge in [-0.25, -0.2) is 0 Å². The van der Waals surface area contributed by atoms with Gasteiger partial charge >= 0.3 is 0 Å². The van der Waals surface area contributed by atoms with Gasteiger partial charge in [-0.1, -0.05) is 12.1 Å². The molecule has 1 atom stereocenters.